The van der Waals surface area contributed by atoms with Gasteiger partial charge in [-0.05, 0) is 31.5 Å². The summed E-state index contributed by atoms with van der Waals surface area (Å²) in [5.74, 6) is -0.470. The van der Waals surface area contributed by atoms with E-state index in [2.05, 4.69) is 4.98 Å². The van der Waals surface area contributed by atoms with Crippen molar-refractivity contribution in [2.75, 3.05) is 13.1 Å². The number of hydrogen-bond acceptors (Lipinski definition) is 5. The molecule has 7 heteroatoms. The summed E-state index contributed by atoms with van der Waals surface area (Å²) in [6.07, 6.45) is 0. The Kier molecular flexibility index (Phi) is 4.77. The molecular formula is C21H20N2O4S. The maximum absolute atomic E-state index is 13.1. The van der Waals surface area contributed by atoms with Gasteiger partial charge in [0.2, 0.25) is 0 Å². The van der Waals surface area contributed by atoms with Gasteiger partial charge in [0.25, 0.3) is 5.91 Å². The lowest BCUT2D eigenvalue weighted by Crippen LogP contribution is -2.29. The number of carboxylic acids is 1. The smallest absolute Gasteiger partial charge is 0.308 e. The Balaban J connectivity index is 1.60. The van der Waals surface area contributed by atoms with Crippen LogP contribution in [0, 0.1) is 19.8 Å². The molecule has 1 fully saturated rings. The van der Waals surface area contributed by atoms with E-state index < -0.39 is 11.9 Å². The first-order chi connectivity index (χ1) is 13.4. The van der Waals surface area contributed by atoms with Crippen molar-refractivity contribution in [2.45, 2.75) is 19.8 Å². The summed E-state index contributed by atoms with van der Waals surface area (Å²) in [7, 11) is 0. The van der Waals surface area contributed by atoms with E-state index in [9.17, 15) is 14.7 Å². The Morgan fingerprint density at radius 1 is 1.14 bits per heavy atom. The highest BCUT2D eigenvalue weighted by atomic mass is 32.1. The predicted molar refractivity (Wildman–Crippen MR) is 106 cm³/mol. The molecule has 0 bridgehead atoms. The van der Waals surface area contributed by atoms with Gasteiger partial charge in [-0.2, -0.15) is 0 Å². The Hall–Kier alpha value is -2.93. The van der Waals surface area contributed by atoms with Crippen molar-refractivity contribution in [2.24, 2.45) is 5.92 Å². The minimum Gasteiger partial charge on any atom is -0.481 e. The third-order valence-corrected chi connectivity index (χ3v) is 6.25. The van der Waals surface area contributed by atoms with Crippen LogP contribution in [0.4, 0.5) is 0 Å². The normalized spacial score (nSPS) is 19.1. The van der Waals surface area contributed by atoms with Crippen LogP contribution < -0.4 is 0 Å². The molecule has 4 rings (SSSR count). The molecule has 2 atom stereocenters. The van der Waals surface area contributed by atoms with Crippen molar-refractivity contribution < 1.29 is 19.1 Å². The number of hydrogen-bond donors (Lipinski definition) is 1. The summed E-state index contributed by atoms with van der Waals surface area (Å²) in [6, 6.07) is 13.2. The number of aliphatic carboxylic acids is 1. The number of aromatic nitrogens is 1. The number of carboxylic acid groups (broad SMARTS) is 1. The Morgan fingerprint density at radius 3 is 2.54 bits per heavy atom. The van der Waals surface area contributed by atoms with E-state index in [0.29, 0.717) is 27.9 Å². The van der Waals surface area contributed by atoms with Crippen LogP contribution >= 0.6 is 11.3 Å². The minimum atomic E-state index is -0.878. The maximum atomic E-state index is 13.1. The van der Waals surface area contributed by atoms with E-state index in [0.717, 1.165) is 11.3 Å². The highest BCUT2D eigenvalue weighted by molar-refractivity contribution is 7.17. The highest BCUT2D eigenvalue weighted by Crippen LogP contribution is 2.36. The summed E-state index contributed by atoms with van der Waals surface area (Å²) < 4.78 is 5.61. The lowest BCUT2D eigenvalue weighted by Gasteiger charge is -2.16. The van der Waals surface area contributed by atoms with Gasteiger partial charge in [-0.15, -0.1) is 11.3 Å². The predicted octanol–water partition coefficient (Wildman–Crippen LogP) is 3.96. The zero-order valence-electron chi connectivity index (χ0n) is 15.6. The van der Waals surface area contributed by atoms with Crippen LogP contribution in [-0.2, 0) is 4.79 Å². The van der Waals surface area contributed by atoms with Crippen LogP contribution in [0.15, 0.2) is 46.9 Å². The van der Waals surface area contributed by atoms with Crippen molar-refractivity contribution in [3.05, 3.63) is 64.4 Å². The van der Waals surface area contributed by atoms with E-state index >= 15 is 0 Å². The van der Waals surface area contributed by atoms with E-state index in [1.165, 1.54) is 11.3 Å². The lowest BCUT2D eigenvalue weighted by atomic mass is 9.89. The molecule has 1 aliphatic rings. The second-order valence-corrected chi connectivity index (χ2v) is 8.01. The van der Waals surface area contributed by atoms with Gasteiger partial charge in [0, 0.05) is 19.0 Å². The van der Waals surface area contributed by atoms with Crippen LogP contribution in [0.3, 0.4) is 0 Å². The average Bonchev–Trinajstić information content (AvgIpc) is 3.40. The van der Waals surface area contributed by atoms with Crippen molar-refractivity contribution in [3.63, 3.8) is 0 Å². The molecule has 0 spiro atoms. The molecule has 28 heavy (non-hydrogen) atoms. The molecule has 0 saturated carbocycles. The Morgan fingerprint density at radius 2 is 1.89 bits per heavy atom. The SMILES string of the molecule is Cc1ccc(-c2nc(C)c(C(=O)N3C[C@H](C(=O)O)[C@H](c4ccccc4)C3)s2)o1. The molecule has 6 nitrogen and oxygen atoms in total. The molecule has 3 aromatic rings. The first-order valence-electron chi connectivity index (χ1n) is 9.05. The van der Waals surface area contributed by atoms with Gasteiger partial charge in [-0.25, -0.2) is 4.98 Å². The van der Waals surface area contributed by atoms with E-state index in [-0.39, 0.29) is 18.4 Å². The maximum Gasteiger partial charge on any atom is 0.308 e. The molecule has 0 radical (unpaired) electrons. The topological polar surface area (TPSA) is 83.6 Å². The van der Waals surface area contributed by atoms with Gasteiger partial charge in [-0.3, -0.25) is 9.59 Å². The third kappa shape index (κ3) is 3.33. The van der Waals surface area contributed by atoms with Crippen LogP contribution in [0.25, 0.3) is 10.8 Å². The van der Waals surface area contributed by atoms with E-state index in [1.807, 2.05) is 49.4 Å². The fraction of sp³-hybridized carbons (Fsp3) is 0.286. The quantitative estimate of drug-likeness (QED) is 0.722. The fourth-order valence-electron chi connectivity index (χ4n) is 3.65. The van der Waals surface area contributed by atoms with Crippen molar-refractivity contribution in [1.82, 2.24) is 9.88 Å². The molecule has 1 aliphatic heterocycles. The van der Waals surface area contributed by atoms with Gasteiger partial charge in [0.05, 0.1) is 11.6 Å². The summed E-state index contributed by atoms with van der Waals surface area (Å²) in [5.41, 5.74) is 1.58. The minimum absolute atomic E-state index is 0.172. The number of benzene rings is 1. The number of nitrogens with zero attached hydrogens (tertiary/aromatic N) is 2. The number of furan rings is 1. The van der Waals surface area contributed by atoms with Crippen molar-refractivity contribution >= 4 is 23.2 Å². The van der Waals surface area contributed by atoms with Gasteiger partial charge in [0.15, 0.2) is 10.8 Å². The molecule has 0 unspecified atom stereocenters. The first kappa shape index (κ1) is 18.4. The van der Waals surface area contributed by atoms with Crippen LogP contribution in [0.1, 0.15) is 32.6 Å². The van der Waals surface area contributed by atoms with Gasteiger partial charge in [0.1, 0.15) is 10.6 Å². The van der Waals surface area contributed by atoms with Gasteiger partial charge >= 0.3 is 5.97 Å². The van der Waals surface area contributed by atoms with Gasteiger partial charge < -0.3 is 14.4 Å². The fourth-order valence-corrected chi connectivity index (χ4v) is 4.65. The van der Waals surface area contributed by atoms with E-state index in [4.69, 9.17) is 4.42 Å². The molecule has 144 valence electrons. The molecule has 2 aromatic heterocycles. The monoisotopic (exact) mass is 396 g/mol. The third-order valence-electron chi connectivity index (χ3n) is 5.09. The Bertz CT molecular complexity index is 1020. The molecule has 1 amide bonds. The zero-order chi connectivity index (χ0) is 19.8. The summed E-state index contributed by atoms with van der Waals surface area (Å²) in [6.45, 7) is 4.23. The molecule has 3 heterocycles. The molecule has 1 saturated heterocycles. The number of carbonyl (C=O) groups excluding carboxylic acids is 1. The summed E-state index contributed by atoms with van der Waals surface area (Å²) >= 11 is 1.28. The number of likely N-dealkylation sites (tertiary alicyclic amines) is 1. The molecule has 1 aromatic carbocycles. The molecule has 0 aliphatic carbocycles. The number of thiazole rings is 1. The second-order valence-electron chi connectivity index (χ2n) is 7.02. The van der Waals surface area contributed by atoms with Crippen LogP contribution in [-0.4, -0.2) is 40.0 Å². The average molecular weight is 396 g/mol. The summed E-state index contributed by atoms with van der Waals surface area (Å²) in [5, 5.41) is 10.3. The zero-order valence-corrected chi connectivity index (χ0v) is 16.4. The van der Waals surface area contributed by atoms with Crippen LogP contribution in [0.2, 0.25) is 0 Å². The summed E-state index contributed by atoms with van der Waals surface area (Å²) in [4.78, 5) is 31.6. The number of amides is 1. The molecule has 1 N–H and O–H groups in total. The lowest BCUT2D eigenvalue weighted by molar-refractivity contribution is -0.141. The van der Waals surface area contributed by atoms with Crippen molar-refractivity contribution in [3.8, 4) is 10.8 Å². The van der Waals surface area contributed by atoms with Crippen LogP contribution in [0.5, 0.6) is 0 Å². The standard InChI is InChI=1S/C21H20N2O4S/c1-12-8-9-17(27-12)19-22-13(2)18(28-19)20(24)23-10-15(16(11-23)21(25)26)14-6-4-3-5-7-14/h3-9,15-16H,10-11H2,1-2H3,(H,25,26)/t15-,16-/m0/s1. The number of aryl methyl sites for hydroxylation is 2. The number of carbonyl (C=O) groups is 2. The van der Waals surface area contributed by atoms with Crippen molar-refractivity contribution in [1.29, 1.82) is 0 Å². The molecular weight excluding hydrogens is 376 g/mol. The largest absolute Gasteiger partial charge is 0.481 e. The number of rotatable bonds is 4. The van der Waals surface area contributed by atoms with Gasteiger partial charge in [-0.1, -0.05) is 30.3 Å². The highest BCUT2D eigenvalue weighted by Gasteiger charge is 2.41. The Labute approximate surface area is 166 Å². The second kappa shape index (κ2) is 7.24. The first-order valence-corrected chi connectivity index (χ1v) is 9.87. The van der Waals surface area contributed by atoms with E-state index in [1.54, 1.807) is 11.8 Å².